The summed E-state index contributed by atoms with van der Waals surface area (Å²) in [7, 11) is -1.89. The van der Waals surface area contributed by atoms with Crippen LogP contribution in [0.25, 0.3) is 10.9 Å². The van der Waals surface area contributed by atoms with Gasteiger partial charge in [0.1, 0.15) is 5.75 Å². The van der Waals surface area contributed by atoms with Crippen molar-refractivity contribution >= 4 is 36.9 Å². The molecule has 0 saturated heterocycles. The number of sulfonamides is 1. The highest BCUT2D eigenvalue weighted by Crippen LogP contribution is 2.32. The largest absolute Gasteiger partial charge is 0.497 e. The number of rotatable bonds is 4. The van der Waals surface area contributed by atoms with Crippen LogP contribution in [-0.4, -0.2) is 26.6 Å². The first kappa shape index (κ1) is 16.6. The molecule has 4 rings (SSSR count). The van der Waals surface area contributed by atoms with E-state index in [2.05, 4.69) is 25.6 Å². The Morgan fingerprint density at radius 1 is 1.16 bits per heavy atom. The first-order valence-corrected chi connectivity index (χ1v) is 10.2. The summed E-state index contributed by atoms with van der Waals surface area (Å²) in [5, 5.41) is 1.10. The van der Waals surface area contributed by atoms with Gasteiger partial charge in [0.2, 0.25) is 10.0 Å². The summed E-state index contributed by atoms with van der Waals surface area (Å²) >= 11 is 3.32. The van der Waals surface area contributed by atoms with Gasteiger partial charge in [0.05, 0.1) is 12.0 Å². The number of aromatic amines is 1. The van der Waals surface area contributed by atoms with Crippen LogP contribution in [0.5, 0.6) is 5.75 Å². The van der Waals surface area contributed by atoms with Crippen LogP contribution >= 0.6 is 15.9 Å². The Morgan fingerprint density at radius 2 is 1.92 bits per heavy atom. The van der Waals surface area contributed by atoms with Crippen molar-refractivity contribution < 1.29 is 13.2 Å². The van der Waals surface area contributed by atoms with Gasteiger partial charge in [0.25, 0.3) is 0 Å². The predicted octanol–water partition coefficient (Wildman–Crippen LogP) is 3.38. The number of aromatic nitrogens is 1. The van der Waals surface area contributed by atoms with Crippen LogP contribution in [0, 0.1) is 0 Å². The molecule has 0 amide bonds. The lowest BCUT2D eigenvalue weighted by Gasteiger charge is -2.13. The van der Waals surface area contributed by atoms with E-state index < -0.39 is 10.0 Å². The maximum absolute atomic E-state index is 12.6. The van der Waals surface area contributed by atoms with Gasteiger partial charge in [-0.05, 0) is 54.4 Å². The average Bonchev–Trinajstić information content (AvgIpc) is 3.11. The molecule has 1 aliphatic carbocycles. The molecular formula is C18H17BrN2O3S. The van der Waals surface area contributed by atoms with Crippen molar-refractivity contribution in [3.63, 3.8) is 0 Å². The van der Waals surface area contributed by atoms with Gasteiger partial charge in [-0.15, -0.1) is 0 Å². The second kappa shape index (κ2) is 6.16. The minimum absolute atomic E-state index is 0.148. The number of methoxy groups -OCH3 is 1. The molecule has 0 aliphatic heterocycles. The van der Waals surface area contributed by atoms with E-state index in [1.165, 1.54) is 0 Å². The highest BCUT2D eigenvalue weighted by atomic mass is 79.9. The standard InChI is InChI=1S/C18H17BrN2O3S/c1-24-13-4-7-17-16(10-13)15-8-12(9-18(15)20-17)21-25(22,23)14-5-2-11(19)3-6-14/h2-7,10,12,20-21H,8-9H2,1H3. The minimum atomic E-state index is -3.53. The highest BCUT2D eigenvalue weighted by Gasteiger charge is 2.29. The molecular weight excluding hydrogens is 404 g/mol. The summed E-state index contributed by atoms with van der Waals surface area (Å²) in [6.45, 7) is 0. The van der Waals surface area contributed by atoms with Gasteiger partial charge in [0.15, 0.2) is 0 Å². The molecule has 0 spiro atoms. The zero-order chi connectivity index (χ0) is 17.6. The topological polar surface area (TPSA) is 71.2 Å². The van der Waals surface area contributed by atoms with Crippen molar-refractivity contribution in [2.45, 2.75) is 23.8 Å². The zero-order valence-electron chi connectivity index (χ0n) is 13.5. The Morgan fingerprint density at radius 3 is 2.64 bits per heavy atom. The first-order valence-electron chi connectivity index (χ1n) is 7.91. The maximum atomic E-state index is 12.6. The Hall–Kier alpha value is -1.83. The Kier molecular flexibility index (Phi) is 4.10. The normalized spacial score (nSPS) is 17.0. The Bertz CT molecular complexity index is 1040. The molecule has 25 heavy (non-hydrogen) atoms. The monoisotopic (exact) mass is 420 g/mol. The molecule has 2 N–H and O–H groups in total. The number of nitrogens with one attached hydrogen (secondary N) is 2. The van der Waals surface area contributed by atoms with Gasteiger partial charge < -0.3 is 9.72 Å². The van der Waals surface area contributed by atoms with Crippen molar-refractivity contribution in [2.24, 2.45) is 0 Å². The van der Waals surface area contributed by atoms with E-state index in [-0.39, 0.29) is 10.9 Å². The zero-order valence-corrected chi connectivity index (χ0v) is 15.9. The van der Waals surface area contributed by atoms with Crippen molar-refractivity contribution in [1.29, 1.82) is 0 Å². The fourth-order valence-electron chi connectivity index (χ4n) is 3.37. The van der Waals surface area contributed by atoms with Crippen LogP contribution in [0.1, 0.15) is 11.3 Å². The minimum Gasteiger partial charge on any atom is -0.497 e. The molecule has 1 unspecified atom stereocenters. The number of halogens is 1. The van der Waals surface area contributed by atoms with E-state index in [0.29, 0.717) is 12.8 Å². The quantitative estimate of drug-likeness (QED) is 0.679. The SMILES string of the molecule is COc1ccc2[nH]c3c(c2c1)CC(NS(=O)(=O)c1ccc(Br)cc1)C3. The fraction of sp³-hybridized carbons (Fsp3) is 0.222. The molecule has 1 heterocycles. The molecule has 0 bridgehead atoms. The molecule has 0 saturated carbocycles. The summed E-state index contributed by atoms with van der Waals surface area (Å²) in [5.41, 5.74) is 3.31. The van der Waals surface area contributed by atoms with Crippen LogP contribution in [0.3, 0.4) is 0 Å². The number of hydrogen-bond donors (Lipinski definition) is 2. The molecule has 130 valence electrons. The average molecular weight is 421 g/mol. The van der Waals surface area contributed by atoms with Crippen LogP contribution < -0.4 is 9.46 Å². The van der Waals surface area contributed by atoms with Crippen LogP contribution in [0.15, 0.2) is 51.8 Å². The van der Waals surface area contributed by atoms with Crippen molar-refractivity contribution in [3.8, 4) is 5.75 Å². The third-order valence-electron chi connectivity index (χ3n) is 4.55. The molecule has 1 atom stereocenters. The van der Waals surface area contributed by atoms with E-state index in [9.17, 15) is 8.42 Å². The number of ether oxygens (including phenoxy) is 1. The highest BCUT2D eigenvalue weighted by molar-refractivity contribution is 9.10. The molecule has 3 aromatic rings. The molecule has 7 heteroatoms. The maximum Gasteiger partial charge on any atom is 0.240 e. The van der Waals surface area contributed by atoms with E-state index in [1.807, 2.05) is 18.2 Å². The third-order valence-corrected chi connectivity index (χ3v) is 6.61. The summed E-state index contributed by atoms with van der Waals surface area (Å²) in [6.07, 6.45) is 1.32. The van der Waals surface area contributed by atoms with Crippen molar-refractivity contribution in [3.05, 3.63) is 58.2 Å². The smallest absolute Gasteiger partial charge is 0.240 e. The van der Waals surface area contributed by atoms with Crippen molar-refractivity contribution in [2.75, 3.05) is 7.11 Å². The van der Waals surface area contributed by atoms with Gasteiger partial charge in [-0.2, -0.15) is 0 Å². The summed E-state index contributed by atoms with van der Waals surface area (Å²) < 4.78 is 34.1. The first-order chi connectivity index (χ1) is 12.0. The van der Waals surface area contributed by atoms with E-state index in [4.69, 9.17) is 4.74 Å². The molecule has 2 aromatic carbocycles. The number of benzene rings is 2. The second-order valence-electron chi connectivity index (χ2n) is 6.17. The van der Waals surface area contributed by atoms with Crippen LogP contribution in [0.2, 0.25) is 0 Å². The number of H-pyrrole nitrogens is 1. The molecule has 1 aliphatic rings. The van der Waals surface area contributed by atoms with Gasteiger partial charge >= 0.3 is 0 Å². The Labute approximate surface area is 154 Å². The van der Waals surface area contributed by atoms with E-state index >= 15 is 0 Å². The van der Waals surface area contributed by atoms with Crippen LogP contribution in [-0.2, 0) is 22.9 Å². The third kappa shape index (κ3) is 3.07. The van der Waals surface area contributed by atoms with Crippen LogP contribution in [0.4, 0.5) is 0 Å². The lowest BCUT2D eigenvalue weighted by Crippen LogP contribution is -2.35. The summed E-state index contributed by atoms with van der Waals surface area (Å²) in [6, 6.07) is 12.4. The Balaban J connectivity index is 1.58. The number of fused-ring (bicyclic) bond motifs is 3. The van der Waals surface area contributed by atoms with Gasteiger partial charge in [-0.3, -0.25) is 0 Å². The lowest BCUT2D eigenvalue weighted by atomic mass is 10.1. The van der Waals surface area contributed by atoms with Crippen molar-refractivity contribution in [1.82, 2.24) is 9.71 Å². The predicted molar refractivity (Wildman–Crippen MR) is 101 cm³/mol. The molecule has 5 nitrogen and oxygen atoms in total. The molecule has 0 fully saturated rings. The molecule has 1 aromatic heterocycles. The van der Waals surface area contributed by atoms with E-state index in [1.54, 1.807) is 31.4 Å². The van der Waals surface area contributed by atoms with Gasteiger partial charge in [0, 0.05) is 33.5 Å². The fourth-order valence-corrected chi connectivity index (χ4v) is 4.87. The van der Waals surface area contributed by atoms with Gasteiger partial charge in [-0.1, -0.05) is 15.9 Å². The summed E-state index contributed by atoms with van der Waals surface area (Å²) in [5.74, 6) is 0.799. The van der Waals surface area contributed by atoms with E-state index in [0.717, 1.165) is 32.4 Å². The number of hydrogen-bond acceptors (Lipinski definition) is 3. The second-order valence-corrected chi connectivity index (χ2v) is 8.80. The van der Waals surface area contributed by atoms with Gasteiger partial charge in [-0.25, -0.2) is 13.1 Å². The lowest BCUT2D eigenvalue weighted by molar-refractivity contribution is 0.415. The molecule has 0 radical (unpaired) electrons. The summed E-state index contributed by atoms with van der Waals surface area (Å²) in [4.78, 5) is 3.67.